The second-order valence-corrected chi connectivity index (χ2v) is 20.7. The molecule has 12 aromatic rings. The number of anilines is 4. The van der Waals surface area contributed by atoms with Crippen molar-refractivity contribution in [2.45, 2.75) is 9.79 Å². The largest absolute Gasteiger partial charge is 1.00 e. The van der Waals surface area contributed by atoms with E-state index in [1.807, 2.05) is 133 Å². The van der Waals surface area contributed by atoms with E-state index in [2.05, 4.69) is 19.9 Å². The molecule has 0 radical (unpaired) electrons. The molecule has 0 unspecified atom stereocenters. The molecular formula is C62H40N6Na2O10S2. The SMILES string of the molecule is O=S(=O)([O-])c1cc(N(Oc2cccc3ccccc23)c2nccc(Oc3cccc4ccccc34)n2)ccc1C=Cc1ccc(N(Oc2cccc3ccccc23)c2nccc(Oc3cccc4ccccc34)n2)cc1S(=O)(=O)[O-].[Na+].[Na+]. The number of nitrogens with zero attached hydrogens (tertiary/aromatic N) is 6. The van der Waals surface area contributed by atoms with Gasteiger partial charge in [-0.25, -0.2) is 26.8 Å². The van der Waals surface area contributed by atoms with Gasteiger partial charge in [0, 0.05) is 46.1 Å². The van der Waals surface area contributed by atoms with Crippen LogP contribution in [0.4, 0.5) is 23.3 Å². The topological polar surface area (TPSA) is 209 Å². The maximum atomic E-state index is 13.3. The molecule has 0 aliphatic rings. The Balaban J connectivity index is 0.00000376. The summed E-state index contributed by atoms with van der Waals surface area (Å²) in [5.41, 5.74) is -0.282. The van der Waals surface area contributed by atoms with Crippen LogP contribution in [0.15, 0.2) is 241 Å². The summed E-state index contributed by atoms with van der Waals surface area (Å²) in [5, 5.41) is 8.95. The molecule has 0 atom stereocenters. The van der Waals surface area contributed by atoms with Gasteiger partial charge in [-0.1, -0.05) is 170 Å². The zero-order valence-electron chi connectivity index (χ0n) is 43.7. The third kappa shape index (κ3) is 12.3. The maximum Gasteiger partial charge on any atom is 1.00 e. The molecule has 2 aromatic heterocycles. The van der Waals surface area contributed by atoms with E-state index in [4.69, 9.17) is 19.1 Å². The van der Waals surface area contributed by atoms with Gasteiger partial charge in [-0.05, 0) is 81.2 Å². The third-order valence-corrected chi connectivity index (χ3v) is 14.6. The van der Waals surface area contributed by atoms with Crippen LogP contribution in [0.3, 0.4) is 0 Å². The first-order chi connectivity index (χ1) is 38.9. The minimum atomic E-state index is -5.30. The van der Waals surface area contributed by atoms with Gasteiger partial charge in [-0.15, -0.1) is 10.1 Å². The summed E-state index contributed by atoms with van der Waals surface area (Å²) in [6.45, 7) is 0. The molecule has 0 N–H and O–H groups in total. The summed E-state index contributed by atoms with van der Waals surface area (Å²) < 4.78 is 92.3. The van der Waals surface area contributed by atoms with Crippen LogP contribution < -0.4 is 88.4 Å². The van der Waals surface area contributed by atoms with Gasteiger partial charge in [0.1, 0.15) is 31.7 Å². The zero-order chi connectivity index (χ0) is 54.8. The molecule has 0 bridgehead atoms. The Morgan fingerprint density at radius 1 is 0.378 bits per heavy atom. The van der Waals surface area contributed by atoms with Gasteiger partial charge in [0.2, 0.25) is 11.8 Å². The standard InChI is InChI=1S/C62H42N6O10S2.2Na/c69-79(70,71)57-39-47(67(77-55-27-11-19-43-15-3-7-23-51(43)55)61-63-37-35-59(65-61)75-53-25-9-17-41-13-1-5-21-49(41)53)33-31-45(57)29-30-46-32-34-48(40-58(46)80(72,73)74)68(78-56-28-12-20-44-16-4-8-24-52(44)56)62-64-38-36-60(66-62)76-54-26-10-18-42-14-2-6-22-50(42)54;;/h1-40H,(H,69,70,71)(H,72,73,74);;/q;2*+1/p-2. The summed E-state index contributed by atoms with van der Waals surface area (Å²) in [4.78, 5) is 29.9. The van der Waals surface area contributed by atoms with Crippen molar-refractivity contribution in [2.24, 2.45) is 0 Å². The number of fused-ring (bicyclic) bond motifs is 4. The van der Waals surface area contributed by atoms with Gasteiger partial charge in [0.25, 0.3) is 11.9 Å². The summed E-state index contributed by atoms with van der Waals surface area (Å²) in [7, 11) is -10.6. The summed E-state index contributed by atoms with van der Waals surface area (Å²) in [5.74, 6) is 1.78. The molecule has 2 heterocycles. The van der Waals surface area contributed by atoms with Crippen LogP contribution in [0.1, 0.15) is 11.1 Å². The molecule has 12 rings (SSSR count). The van der Waals surface area contributed by atoms with Crippen LogP contribution in [-0.4, -0.2) is 45.9 Å². The van der Waals surface area contributed by atoms with Crippen molar-refractivity contribution in [1.82, 2.24) is 19.9 Å². The fourth-order valence-electron chi connectivity index (χ4n) is 9.12. The minimum Gasteiger partial charge on any atom is -0.744 e. The second-order valence-electron chi connectivity index (χ2n) is 18.0. The van der Waals surface area contributed by atoms with E-state index in [0.29, 0.717) is 33.8 Å². The normalized spacial score (nSPS) is 11.5. The number of benzene rings is 10. The van der Waals surface area contributed by atoms with Crippen LogP contribution in [0, 0.1) is 0 Å². The number of ether oxygens (including phenoxy) is 2. The molecule has 0 saturated carbocycles. The molecular weight excluding hydrogens is 1100 g/mol. The van der Waals surface area contributed by atoms with Gasteiger partial charge in [0.05, 0.1) is 21.2 Å². The Morgan fingerprint density at radius 2 is 0.695 bits per heavy atom. The second kappa shape index (κ2) is 24.5. The zero-order valence-corrected chi connectivity index (χ0v) is 49.3. The van der Waals surface area contributed by atoms with Gasteiger partial charge >= 0.3 is 59.1 Å². The molecule has 0 aliphatic carbocycles. The van der Waals surface area contributed by atoms with Crippen LogP contribution in [0.25, 0.3) is 55.2 Å². The maximum absolute atomic E-state index is 13.3. The van der Waals surface area contributed by atoms with Crippen LogP contribution in [0.2, 0.25) is 0 Å². The van der Waals surface area contributed by atoms with Gasteiger partial charge in [-0.3, -0.25) is 0 Å². The first kappa shape index (κ1) is 57.0. The first-order valence-electron chi connectivity index (χ1n) is 24.7. The molecule has 0 aliphatic heterocycles. The Bertz CT molecular complexity index is 4320. The Hall–Kier alpha value is -8.24. The summed E-state index contributed by atoms with van der Waals surface area (Å²) in [6.07, 6.45) is 5.31. The van der Waals surface area contributed by atoms with Crippen molar-refractivity contribution in [1.29, 1.82) is 0 Å². The van der Waals surface area contributed by atoms with Crippen molar-refractivity contribution in [3.63, 3.8) is 0 Å². The number of hydrogen-bond acceptors (Lipinski definition) is 16. The molecule has 20 heteroatoms. The average molecular weight is 1140 g/mol. The van der Waals surface area contributed by atoms with Gasteiger partial charge in [0.15, 0.2) is 11.5 Å². The molecule has 16 nitrogen and oxygen atoms in total. The van der Waals surface area contributed by atoms with Crippen molar-refractivity contribution in [3.8, 4) is 34.8 Å². The molecule has 0 spiro atoms. The minimum absolute atomic E-state index is 0. The van der Waals surface area contributed by atoms with Gasteiger partial charge in [-0.2, -0.15) is 9.97 Å². The smallest absolute Gasteiger partial charge is 0.744 e. The van der Waals surface area contributed by atoms with Crippen molar-refractivity contribution < 1.29 is 104 Å². The number of aromatic nitrogens is 4. The van der Waals surface area contributed by atoms with Crippen molar-refractivity contribution in [2.75, 3.05) is 10.1 Å². The Morgan fingerprint density at radius 3 is 1.05 bits per heavy atom. The predicted octanol–water partition coefficient (Wildman–Crippen LogP) is 7.71. The van der Waals surface area contributed by atoms with E-state index in [0.717, 1.165) is 44.5 Å². The van der Waals surface area contributed by atoms with Gasteiger partial charge < -0.3 is 28.3 Å². The molecule has 392 valence electrons. The van der Waals surface area contributed by atoms with Crippen molar-refractivity contribution >= 4 is 98.7 Å². The molecule has 0 fully saturated rings. The number of hydrogen-bond donors (Lipinski definition) is 0. The monoisotopic (exact) mass is 1140 g/mol. The van der Waals surface area contributed by atoms with Crippen LogP contribution in [-0.2, 0) is 20.2 Å². The Labute approximate surface area is 514 Å². The van der Waals surface area contributed by atoms with E-state index in [1.54, 1.807) is 48.5 Å². The van der Waals surface area contributed by atoms with Crippen LogP contribution in [0.5, 0.6) is 34.8 Å². The molecule has 0 saturated heterocycles. The molecule has 10 aromatic carbocycles. The third-order valence-electron chi connectivity index (χ3n) is 12.8. The fraction of sp³-hybridized carbons (Fsp3) is 0. The first-order valence-corrected chi connectivity index (χ1v) is 27.5. The van der Waals surface area contributed by atoms with E-state index in [-0.39, 0.29) is 105 Å². The van der Waals surface area contributed by atoms with Crippen molar-refractivity contribution in [3.05, 3.63) is 242 Å². The van der Waals surface area contributed by atoms with E-state index in [9.17, 15) is 25.9 Å². The Kier molecular flexibility index (Phi) is 17.0. The predicted molar refractivity (Wildman–Crippen MR) is 303 cm³/mol. The summed E-state index contributed by atoms with van der Waals surface area (Å²) >= 11 is 0. The molecule has 0 amide bonds. The average Bonchev–Trinajstić information content (AvgIpc) is 3.49. The molecule has 82 heavy (non-hydrogen) atoms. The van der Waals surface area contributed by atoms with E-state index < -0.39 is 30.0 Å². The summed E-state index contributed by atoms with van der Waals surface area (Å²) in [6, 6.07) is 63.1. The fourth-order valence-corrected chi connectivity index (χ4v) is 10.5. The number of rotatable bonds is 16. The van der Waals surface area contributed by atoms with E-state index in [1.165, 1.54) is 58.9 Å². The van der Waals surface area contributed by atoms with Crippen LogP contribution >= 0.6 is 0 Å². The quantitative estimate of drug-likeness (QED) is 0.0393. The van der Waals surface area contributed by atoms with E-state index >= 15 is 0 Å².